The summed E-state index contributed by atoms with van der Waals surface area (Å²) in [6.07, 6.45) is 1.05. The van der Waals surface area contributed by atoms with Gasteiger partial charge in [-0.3, -0.25) is 0 Å². The van der Waals surface area contributed by atoms with Crippen molar-refractivity contribution in [3.05, 3.63) is 58.5 Å². The van der Waals surface area contributed by atoms with Gasteiger partial charge in [0, 0.05) is 0 Å². The summed E-state index contributed by atoms with van der Waals surface area (Å²) < 4.78 is 5.51. The molecule has 0 amide bonds. The van der Waals surface area contributed by atoms with Crippen LogP contribution in [0.25, 0.3) is 0 Å². The Labute approximate surface area is 113 Å². The highest BCUT2D eigenvalue weighted by atomic mass is 35.5. The van der Waals surface area contributed by atoms with E-state index in [2.05, 4.69) is 43.4 Å². The highest BCUT2D eigenvalue weighted by molar-refractivity contribution is 6.28. The zero-order valence-corrected chi connectivity index (χ0v) is 11.5. The van der Waals surface area contributed by atoms with Crippen LogP contribution in [0.2, 0.25) is 5.22 Å². The molecule has 3 heteroatoms. The number of aryl methyl sites for hydroxylation is 1. The molecule has 0 spiro atoms. The van der Waals surface area contributed by atoms with Gasteiger partial charge in [0.15, 0.2) is 5.22 Å². The fraction of sp³-hybridized carbons (Fsp3) is 0.333. The van der Waals surface area contributed by atoms with Gasteiger partial charge in [-0.05, 0) is 47.8 Å². The molecule has 0 saturated carbocycles. The Hall–Kier alpha value is -1.25. The van der Waals surface area contributed by atoms with Crippen LogP contribution in [0.3, 0.4) is 0 Å². The topological polar surface area (TPSA) is 25.2 Å². The van der Waals surface area contributed by atoms with Gasteiger partial charge in [0.05, 0.1) is 6.04 Å². The number of furan rings is 1. The second-order valence-corrected chi connectivity index (χ2v) is 4.60. The van der Waals surface area contributed by atoms with Gasteiger partial charge in [0.25, 0.3) is 0 Å². The Balaban J connectivity index is 2.28. The molecule has 0 fully saturated rings. The van der Waals surface area contributed by atoms with Crippen molar-refractivity contribution in [2.75, 3.05) is 6.54 Å². The molecule has 1 heterocycles. The van der Waals surface area contributed by atoms with Crippen molar-refractivity contribution in [1.82, 2.24) is 5.32 Å². The number of hydrogen-bond acceptors (Lipinski definition) is 2. The molecule has 1 unspecified atom stereocenters. The van der Waals surface area contributed by atoms with Crippen LogP contribution in [0.15, 0.2) is 40.8 Å². The first-order valence-electron chi connectivity index (χ1n) is 6.32. The van der Waals surface area contributed by atoms with Gasteiger partial charge in [-0.1, -0.05) is 38.1 Å². The van der Waals surface area contributed by atoms with Gasteiger partial charge in [-0.25, -0.2) is 0 Å². The van der Waals surface area contributed by atoms with E-state index in [4.69, 9.17) is 16.0 Å². The molecule has 2 nitrogen and oxygen atoms in total. The largest absolute Gasteiger partial charge is 0.448 e. The minimum Gasteiger partial charge on any atom is -0.448 e. The highest BCUT2D eigenvalue weighted by Gasteiger charge is 2.16. The summed E-state index contributed by atoms with van der Waals surface area (Å²) in [6, 6.07) is 12.4. The van der Waals surface area contributed by atoms with Crippen molar-refractivity contribution in [3.8, 4) is 0 Å². The lowest BCUT2D eigenvalue weighted by atomic mass is 10.0. The molecule has 2 rings (SSSR count). The molecule has 96 valence electrons. The first kappa shape index (κ1) is 13.2. The van der Waals surface area contributed by atoms with E-state index in [0.29, 0.717) is 5.22 Å². The molecule has 0 radical (unpaired) electrons. The van der Waals surface area contributed by atoms with E-state index in [9.17, 15) is 0 Å². The number of benzene rings is 1. The third-order valence-corrected chi connectivity index (χ3v) is 3.21. The lowest BCUT2D eigenvalue weighted by molar-refractivity contribution is 0.453. The maximum absolute atomic E-state index is 5.85. The smallest absolute Gasteiger partial charge is 0.193 e. The van der Waals surface area contributed by atoms with Crippen molar-refractivity contribution in [3.63, 3.8) is 0 Å². The lowest BCUT2D eigenvalue weighted by Crippen LogP contribution is -2.21. The average molecular weight is 264 g/mol. The Morgan fingerprint density at radius 1 is 1.11 bits per heavy atom. The molecule has 18 heavy (non-hydrogen) atoms. The second kappa shape index (κ2) is 6.07. The van der Waals surface area contributed by atoms with Crippen molar-refractivity contribution >= 4 is 11.6 Å². The summed E-state index contributed by atoms with van der Waals surface area (Å²) >= 11 is 5.85. The summed E-state index contributed by atoms with van der Waals surface area (Å²) in [5.41, 5.74) is 2.53. The summed E-state index contributed by atoms with van der Waals surface area (Å²) in [5.74, 6) is 0.853. The maximum atomic E-state index is 5.85. The van der Waals surface area contributed by atoms with Crippen molar-refractivity contribution < 1.29 is 4.42 Å². The van der Waals surface area contributed by atoms with Crippen LogP contribution in [0, 0.1) is 0 Å². The Morgan fingerprint density at radius 2 is 1.83 bits per heavy atom. The van der Waals surface area contributed by atoms with Crippen molar-refractivity contribution in [2.45, 2.75) is 26.3 Å². The monoisotopic (exact) mass is 263 g/mol. The van der Waals surface area contributed by atoms with Crippen LogP contribution in [0.4, 0.5) is 0 Å². The van der Waals surface area contributed by atoms with E-state index < -0.39 is 0 Å². The molecule has 2 aromatic rings. The van der Waals surface area contributed by atoms with Crippen LogP contribution in [-0.4, -0.2) is 6.54 Å². The van der Waals surface area contributed by atoms with Crippen molar-refractivity contribution in [2.24, 2.45) is 0 Å². The number of hydrogen-bond donors (Lipinski definition) is 1. The fourth-order valence-electron chi connectivity index (χ4n) is 2.02. The molecule has 1 aromatic carbocycles. The van der Waals surface area contributed by atoms with Crippen molar-refractivity contribution in [1.29, 1.82) is 0 Å². The predicted molar refractivity (Wildman–Crippen MR) is 75.1 cm³/mol. The Morgan fingerprint density at radius 3 is 2.33 bits per heavy atom. The second-order valence-electron chi connectivity index (χ2n) is 4.23. The summed E-state index contributed by atoms with van der Waals surface area (Å²) in [7, 11) is 0. The minimum absolute atomic E-state index is 0.0633. The van der Waals surface area contributed by atoms with Crippen LogP contribution in [0.1, 0.15) is 36.8 Å². The van der Waals surface area contributed by atoms with Crippen LogP contribution in [0.5, 0.6) is 0 Å². The third kappa shape index (κ3) is 2.95. The molecule has 0 aliphatic carbocycles. The van der Waals surface area contributed by atoms with Gasteiger partial charge in [-0.2, -0.15) is 0 Å². The molecule has 0 aliphatic rings. The fourth-order valence-corrected chi connectivity index (χ4v) is 2.17. The van der Waals surface area contributed by atoms with E-state index in [-0.39, 0.29) is 6.04 Å². The number of halogens is 1. The molecule has 0 aliphatic heterocycles. The first-order valence-corrected chi connectivity index (χ1v) is 6.69. The number of nitrogens with one attached hydrogen (secondary N) is 1. The predicted octanol–water partition coefficient (Wildman–Crippen LogP) is 4.19. The zero-order valence-electron chi connectivity index (χ0n) is 10.7. The molecule has 0 saturated heterocycles. The summed E-state index contributed by atoms with van der Waals surface area (Å²) in [4.78, 5) is 0. The lowest BCUT2D eigenvalue weighted by Gasteiger charge is -2.16. The molecular formula is C15H18ClNO. The van der Waals surface area contributed by atoms with E-state index >= 15 is 0 Å². The average Bonchev–Trinajstić information content (AvgIpc) is 2.82. The van der Waals surface area contributed by atoms with Gasteiger partial charge in [0.2, 0.25) is 0 Å². The molecule has 1 N–H and O–H groups in total. The molecule has 1 aromatic heterocycles. The molecular weight excluding hydrogens is 246 g/mol. The Bertz CT molecular complexity index is 489. The number of rotatable bonds is 5. The van der Waals surface area contributed by atoms with Crippen LogP contribution < -0.4 is 5.32 Å². The summed E-state index contributed by atoms with van der Waals surface area (Å²) in [5, 5.41) is 3.84. The third-order valence-electron chi connectivity index (χ3n) is 3.01. The SMILES string of the molecule is CCNC(c1ccc(CC)cc1)c1ccc(Cl)o1. The minimum atomic E-state index is 0.0633. The maximum Gasteiger partial charge on any atom is 0.193 e. The van der Waals surface area contributed by atoms with E-state index in [0.717, 1.165) is 18.7 Å². The van der Waals surface area contributed by atoms with Gasteiger partial charge in [0.1, 0.15) is 5.76 Å². The van der Waals surface area contributed by atoms with Crippen LogP contribution in [-0.2, 0) is 6.42 Å². The van der Waals surface area contributed by atoms with E-state index in [1.54, 1.807) is 6.07 Å². The Kier molecular flexibility index (Phi) is 4.45. The van der Waals surface area contributed by atoms with Crippen LogP contribution >= 0.6 is 11.6 Å². The van der Waals surface area contributed by atoms with Gasteiger partial charge in [-0.15, -0.1) is 0 Å². The summed E-state index contributed by atoms with van der Waals surface area (Å²) in [6.45, 7) is 5.11. The van der Waals surface area contributed by atoms with E-state index in [1.165, 1.54) is 11.1 Å². The standard InChI is InChI=1S/C15H18ClNO/c1-3-11-5-7-12(8-6-11)15(17-4-2)13-9-10-14(16)18-13/h5-10,15,17H,3-4H2,1-2H3. The zero-order chi connectivity index (χ0) is 13.0. The van der Waals surface area contributed by atoms with E-state index in [1.807, 2.05) is 6.07 Å². The van der Waals surface area contributed by atoms with Gasteiger partial charge >= 0.3 is 0 Å². The van der Waals surface area contributed by atoms with Gasteiger partial charge < -0.3 is 9.73 Å². The normalized spacial score (nSPS) is 12.6. The first-order chi connectivity index (χ1) is 8.74. The highest BCUT2D eigenvalue weighted by Crippen LogP contribution is 2.26. The quantitative estimate of drug-likeness (QED) is 0.875. The molecule has 0 bridgehead atoms. The molecule has 1 atom stereocenters.